The van der Waals surface area contributed by atoms with Crippen LogP contribution in [0.3, 0.4) is 0 Å². The van der Waals surface area contributed by atoms with Crippen LogP contribution < -0.4 is 5.69 Å². The number of hydrogen-bond acceptors (Lipinski definition) is 3. The molecule has 1 aromatic heterocycles. The van der Waals surface area contributed by atoms with E-state index in [2.05, 4.69) is 11.7 Å². The third-order valence-corrected chi connectivity index (χ3v) is 4.77. The first-order valence-electron chi connectivity index (χ1n) is 9.37. The van der Waals surface area contributed by atoms with Crippen molar-refractivity contribution in [2.24, 2.45) is 5.41 Å². The minimum absolute atomic E-state index is 0.0598. The minimum Gasteiger partial charge on any atom is -0.297 e. The van der Waals surface area contributed by atoms with Crippen LogP contribution in [0.4, 0.5) is 13.2 Å². The van der Waals surface area contributed by atoms with Gasteiger partial charge in [-0.15, -0.1) is 5.10 Å². The monoisotopic (exact) mass is 453 g/mol. The van der Waals surface area contributed by atoms with Crippen LogP contribution >= 0.6 is 11.6 Å². The number of ketones is 1. The predicted octanol–water partition coefficient (Wildman–Crippen LogP) is 5.38. The second-order valence-corrected chi connectivity index (χ2v) is 8.19. The van der Waals surface area contributed by atoms with Gasteiger partial charge in [-0.05, 0) is 37.3 Å². The van der Waals surface area contributed by atoms with E-state index in [-0.39, 0.29) is 28.9 Å². The van der Waals surface area contributed by atoms with Crippen LogP contribution in [0.25, 0.3) is 11.3 Å². The van der Waals surface area contributed by atoms with Crippen molar-refractivity contribution in [1.29, 1.82) is 0 Å². The number of nitrogens with zero attached hydrogens (tertiary/aromatic N) is 3. The molecule has 1 aromatic carbocycles. The van der Waals surface area contributed by atoms with Gasteiger partial charge in [0.15, 0.2) is 11.6 Å². The molecule has 0 atom stereocenters. The van der Waals surface area contributed by atoms with E-state index >= 15 is 0 Å². The van der Waals surface area contributed by atoms with E-state index in [1.54, 1.807) is 39.8 Å². The van der Waals surface area contributed by atoms with Crippen molar-refractivity contribution in [3.05, 3.63) is 76.0 Å². The van der Waals surface area contributed by atoms with Gasteiger partial charge in [-0.3, -0.25) is 4.79 Å². The zero-order valence-corrected chi connectivity index (χ0v) is 18.4. The van der Waals surface area contributed by atoms with Crippen LogP contribution in [0.2, 0.25) is 0 Å². The van der Waals surface area contributed by atoms with Gasteiger partial charge in [-0.25, -0.2) is 14.0 Å². The molecule has 0 aliphatic carbocycles. The molecule has 9 heteroatoms. The van der Waals surface area contributed by atoms with E-state index in [0.717, 1.165) is 33.5 Å². The summed E-state index contributed by atoms with van der Waals surface area (Å²) < 4.78 is 40.9. The maximum Gasteiger partial charge on any atom is 0.416 e. The fourth-order valence-corrected chi connectivity index (χ4v) is 2.91. The highest BCUT2D eigenvalue weighted by atomic mass is 35.5. The van der Waals surface area contributed by atoms with Crippen molar-refractivity contribution in [2.75, 3.05) is 0 Å². The van der Waals surface area contributed by atoms with E-state index in [0.29, 0.717) is 5.57 Å². The van der Waals surface area contributed by atoms with Crippen LogP contribution in [0.1, 0.15) is 39.1 Å². The Balaban J connectivity index is 2.76. The number of rotatable bonds is 6. The van der Waals surface area contributed by atoms with E-state index in [1.807, 2.05) is 0 Å². The molecule has 2 rings (SSSR count). The number of Topliss-reactive ketones (excluding diaryl/α,β-unsaturated/α-hetero) is 1. The third kappa shape index (κ3) is 5.44. The maximum atomic E-state index is 13.1. The Hall–Kier alpha value is -2.87. The summed E-state index contributed by atoms with van der Waals surface area (Å²) in [5.74, 6) is -0.175. The molecule has 0 N–H and O–H groups in total. The van der Waals surface area contributed by atoms with Crippen molar-refractivity contribution in [3.63, 3.8) is 0 Å². The fourth-order valence-electron chi connectivity index (χ4n) is 2.62. The quantitative estimate of drug-likeness (QED) is 0.552. The van der Waals surface area contributed by atoms with E-state index in [4.69, 9.17) is 11.6 Å². The Labute approximate surface area is 183 Å². The molecule has 0 spiro atoms. The molecule has 0 radical (unpaired) electrons. The predicted molar refractivity (Wildman–Crippen MR) is 115 cm³/mol. The van der Waals surface area contributed by atoms with Gasteiger partial charge in [-0.2, -0.15) is 13.2 Å². The molecule has 31 heavy (non-hydrogen) atoms. The smallest absolute Gasteiger partial charge is 0.297 e. The fraction of sp³-hybridized carbons (Fsp3) is 0.318. The standard InChI is InChI=1S/C22H23ClF3N3O2/c1-6-8-17(23)16(7-2)19-27-28(13-18(30)21(3,4)5)20(31)29(19)15-11-9-14(10-12-15)22(24,25)26/h6-12H,2,13H2,1,3-5H3/b8-6+,17-16-. The lowest BCUT2D eigenvalue weighted by atomic mass is 9.91. The molecule has 5 nitrogen and oxygen atoms in total. The molecule has 0 aliphatic heterocycles. The number of carbonyl (C=O) groups is 1. The summed E-state index contributed by atoms with van der Waals surface area (Å²) in [5, 5.41) is 4.49. The lowest BCUT2D eigenvalue weighted by molar-refractivity contribution is -0.137. The zero-order valence-electron chi connectivity index (χ0n) is 17.6. The summed E-state index contributed by atoms with van der Waals surface area (Å²) in [5.41, 5.74) is -1.81. The molecule has 0 aliphatic rings. The minimum atomic E-state index is -4.52. The summed E-state index contributed by atoms with van der Waals surface area (Å²) >= 11 is 6.31. The summed E-state index contributed by atoms with van der Waals surface area (Å²) in [4.78, 5) is 25.6. The number of carbonyl (C=O) groups excluding carboxylic acids is 1. The van der Waals surface area contributed by atoms with Crippen molar-refractivity contribution < 1.29 is 18.0 Å². The molecular weight excluding hydrogens is 431 g/mol. The van der Waals surface area contributed by atoms with Gasteiger partial charge >= 0.3 is 11.9 Å². The molecule has 0 bridgehead atoms. The Morgan fingerprint density at radius 2 is 1.77 bits per heavy atom. The largest absolute Gasteiger partial charge is 0.416 e. The number of alkyl halides is 3. The summed E-state index contributed by atoms with van der Waals surface area (Å²) in [6.45, 7) is 10.3. The van der Waals surface area contributed by atoms with Gasteiger partial charge < -0.3 is 0 Å². The summed E-state index contributed by atoms with van der Waals surface area (Å²) in [7, 11) is 0. The van der Waals surface area contributed by atoms with Crippen molar-refractivity contribution in [1.82, 2.24) is 14.3 Å². The topological polar surface area (TPSA) is 56.9 Å². The number of allylic oxidation sites excluding steroid dienone is 5. The van der Waals surface area contributed by atoms with Gasteiger partial charge in [-0.1, -0.05) is 51.1 Å². The van der Waals surface area contributed by atoms with Crippen LogP contribution in [0, 0.1) is 5.41 Å². The molecule has 0 unspecified atom stereocenters. The van der Waals surface area contributed by atoms with Crippen LogP contribution in [-0.4, -0.2) is 20.1 Å². The number of aromatic nitrogens is 3. The highest BCUT2D eigenvalue weighted by Gasteiger charge is 2.30. The molecule has 166 valence electrons. The van der Waals surface area contributed by atoms with Crippen molar-refractivity contribution in [3.8, 4) is 5.69 Å². The summed E-state index contributed by atoms with van der Waals surface area (Å²) in [6, 6.07) is 4.06. The van der Waals surface area contributed by atoms with Crippen LogP contribution in [0.15, 0.2) is 58.9 Å². The zero-order chi connectivity index (χ0) is 23.6. The van der Waals surface area contributed by atoms with Crippen molar-refractivity contribution in [2.45, 2.75) is 40.4 Å². The average Bonchev–Trinajstić information content (AvgIpc) is 2.97. The van der Waals surface area contributed by atoms with Crippen LogP contribution in [-0.2, 0) is 17.5 Å². The number of halogens is 4. The average molecular weight is 454 g/mol. The Bertz CT molecular complexity index is 1100. The lowest BCUT2D eigenvalue weighted by Crippen LogP contribution is -2.32. The molecule has 0 saturated heterocycles. The highest BCUT2D eigenvalue weighted by molar-refractivity contribution is 6.34. The first kappa shape index (κ1) is 24.4. The summed E-state index contributed by atoms with van der Waals surface area (Å²) in [6.07, 6.45) is 0.115. The first-order chi connectivity index (χ1) is 14.3. The van der Waals surface area contributed by atoms with Crippen LogP contribution in [0.5, 0.6) is 0 Å². The normalized spacial score (nSPS) is 13.4. The SMILES string of the molecule is C=C/C(=C(Cl)\C=C\C)c1nn(CC(=O)C(C)(C)C)c(=O)n1-c1ccc(C(F)(F)F)cc1. The Kier molecular flexibility index (Phi) is 7.16. The van der Waals surface area contributed by atoms with Gasteiger partial charge in [0.25, 0.3) is 0 Å². The van der Waals surface area contributed by atoms with E-state index in [1.165, 1.54) is 6.08 Å². The van der Waals surface area contributed by atoms with Gasteiger partial charge in [0.2, 0.25) is 0 Å². The van der Waals surface area contributed by atoms with E-state index < -0.39 is 22.8 Å². The number of hydrogen-bond donors (Lipinski definition) is 0. The molecule has 0 saturated carbocycles. The molecular formula is C22H23ClF3N3O2. The maximum absolute atomic E-state index is 13.1. The van der Waals surface area contributed by atoms with Gasteiger partial charge in [0, 0.05) is 11.0 Å². The Morgan fingerprint density at radius 1 is 1.19 bits per heavy atom. The second kappa shape index (κ2) is 9.09. The molecule has 0 amide bonds. The lowest BCUT2D eigenvalue weighted by Gasteiger charge is -2.15. The third-order valence-electron chi connectivity index (χ3n) is 4.44. The second-order valence-electron chi connectivity index (χ2n) is 7.78. The van der Waals surface area contributed by atoms with Gasteiger partial charge in [0.05, 0.1) is 16.3 Å². The molecule has 0 fully saturated rings. The first-order valence-corrected chi connectivity index (χ1v) is 9.75. The van der Waals surface area contributed by atoms with Crippen molar-refractivity contribution >= 4 is 23.0 Å². The van der Waals surface area contributed by atoms with Gasteiger partial charge in [0.1, 0.15) is 6.54 Å². The van der Waals surface area contributed by atoms with E-state index in [9.17, 15) is 22.8 Å². The molecule has 1 heterocycles. The highest BCUT2D eigenvalue weighted by Crippen LogP contribution is 2.30. The Morgan fingerprint density at radius 3 is 2.23 bits per heavy atom. The number of benzene rings is 1. The molecule has 2 aromatic rings.